The van der Waals surface area contributed by atoms with Crippen LogP contribution in [0.1, 0.15) is 68.7 Å². The van der Waals surface area contributed by atoms with Gasteiger partial charge in [-0.3, -0.25) is 0 Å². The molecular weight excluding hydrogens is 641 g/mol. The highest BCUT2D eigenvalue weighted by atomic mass is 15.0. The van der Waals surface area contributed by atoms with Crippen molar-refractivity contribution in [3.8, 4) is 33.6 Å². The van der Waals surface area contributed by atoms with Crippen molar-refractivity contribution < 1.29 is 0 Å². The number of fused-ring (bicyclic) bond motifs is 6. The number of aromatic nitrogens is 2. The van der Waals surface area contributed by atoms with E-state index in [2.05, 4.69) is 196 Å². The maximum absolute atomic E-state index is 2.52. The van der Waals surface area contributed by atoms with Crippen molar-refractivity contribution in [1.82, 2.24) is 9.13 Å². The van der Waals surface area contributed by atoms with Crippen molar-refractivity contribution in [3.63, 3.8) is 0 Å². The average molecular weight is 687 g/mol. The first-order valence-electron chi connectivity index (χ1n) is 19.2. The first-order chi connectivity index (χ1) is 25.8. The van der Waals surface area contributed by atoms with E-state index in [1.165, 1.54) is 99.5 Å². The van der Waals surface area contributed by atoms with E-state index in [4.69, 9.17) is 0 Å². The SMILES string of the molecule is CCc1cc(-n2c3ccccc3c3ccccc32)ccc1-c1cc(C(C)C)c(-c2ccc(-n3c4ccccc4c4ccccc43)cc2C)cc1C(C)C. The Labute approximate surface area is 313 Å². The Morgan fingerprint density at radius 3 is 1.19 bits per heavy atom. The smallest absolute Gasteiger partial charge is 0.0541 e. The molecule has 0 saturated carbocycles. The quantitative estimate of drug-likeness (QED) is 0.158. The van der Waals surface area contributed by atoms with E-state index in [9.17, 15) is 0 Å². The Hall–Kier alpha value is -5.86. The molecule has 53 heavy (non-hydrogen) atoms. The van der Waals surface area contributed by atoms with E-state index in [0.29, 0.717) is 11.8 Å². The number of hydrogen-bond acceptors (Lipinski definition) is 0. The van der Waals surface area contributed by atoms with Gasteiger partial charge in [-0.2, -0.15) is 0 Å². The summed E-state index contributed by atoms with van der Waals surface area (Å²) in [5.74, 6) is 0.729. The lowest BCUT2D eigenvalue weighted by molar-refractivity contribution is 0.848. The fraction of sp³-hybridized carbons (Fsp3) is 0.176. The second-order valence-corrected chi connectivity index (χ2v) is 15.3. The Morgan fingerprint density at radius 1 is 0.415 bits per heavy atom. The van der Waals surface area contributed by atoms with Gasteiger partial charge in [0.25, 0.3) is 0 Å². The first-order valence-corrected chi connectivity index (χ1v) is 19.2. The highest BCUT2D eigenvalue weighted by Crippen LogP contribution is 2.43. The lowest BCUT2D eigenvalue weighted by Gasteiger charge is -2.24. The van der Waals surface area contributed by atoms with Gasteiger partial charge in [-0.05, 0) is 130 Å². The average Bonchev–Trinajstić information content (AvgIpc) is 3.70. The zero-order chi connectivity index (χ0) is 36.4. The molecule has 0 unspecified atom stereocenters. The monoisotopic (exact) mass is 686 g/mol. The van der Waals surface area contributed by atoms with Crippen LogP contribution in [0.15, 0.2) is 146 Å². The zero-order valence-electron chi connectivity index (χ0n) is 31.6. The summed E-state index contributed by atoms with van der Waals surface area (Å²) in [6, 6.07) is 54.3. The molecule has 0 bridgehead atoms. The molecule has 0 aliphatic heterocycles. The lowest BCUT2D eigenvalue weighted by Crippen LogP contribution is -2.03. The number of aryl methyl sites for hydroxylation is 2. The third-order valence-electron chi connectivity index (χ3n) is 11.4. The summed E-state index contributed by atoms with van der Waals surface area (Å²) in [4.78, 5) is 0. The topological polar surface area (TPSA) is 9.86 Å². The van der Waals surface area contributed by atoms with Crippen molar-refractivity contribution in [1.29, 1.82) is 0 Å². The van der Waals surface area contributed by atoms with E-state index >= 15 is 0 Å². The molecular formula is C51H46N2. The van der Waals surface area contributed by atoms with Gasteiger partial charge < -0.3 is 9.13 Å². The van der Waals surface area contributed by atoms with Gasteiger partial charge in [0.05, 0.1) is 22.1 Å². The Kier molecular flexibility index (Phi) is 8.08. The van der Waals surface area contributed by atoms with Crippen LogP contribution in [-0.2, 0) is 6.42 Å². The number of rotatable bonds is 7. The van der Waals surface area contributed by atoms with Crippen LogP contribution in [0.2, 0.25) is 0 Å². The van der Waals surface area contributed by atoms with Crippen molar-refractivity contribution in [2.75, 3.05) is 0 Å². The zero-order valence-corrected chi connectivity index (χ0v) is 31.6. The highest BCUT2D eigenvalue weighted by molar-refractivity contribution is 6.10. The molecule has 0 amide bonds. The molecule has 0 aliphatic carbocycles. The summed E-state index contributed by atoms with van der Waals surface area (Å²) in [7, 11) is 0. The maximum atomic E-state index is 2.52. The predicted molar refractivity (Wildman–Crippen MR) is 228 cm³/mol. The molecule has 2 heterocycles. The first kappa shape index (κ1) is 33.0. The van der Waals surface area contributed by atoms with Crippen LogP contribution in [0.5, 0.6) is 0 Å². The third kappa shape index (κ3) is 5.31. The minimum absolute atomic E-state index is 0.364. The largest absolute Gasteiger partial charge is 0.309 e. The molecule has 0 spiro atoms. The van der Waals surface area contributed by atoms with Gasteiger partial charge in [0.2, 0.25) is 0 Å². The van der Waals surface area contributed by atoms with E-state index < -0.39 is 0 Å². The van der Waals surface area contributed by atoms with E-state index in [1.807, 2.05) is 0 Å². The summed E-state index contributed by atoms with van der Waals surface area (Å²) in [6.45, 7) is 13.9. The number of hydrogen-bond donors (Lipinski definition) is 0. The van der Waals surface area contributed by atoms with Crippen molar-refractivity contribution in [2.45, 2.75) is 59.8 Å². The maximum Gasteiger partial charge on any atom is 0.0541 e. The fourth-order valence-electron chi connectivity index (χ4n) is 8.82. The molecule has 2 nitrogen and oxygen atoms in total. The van der Waals surface area contributed by atoms with Gasteiger partial charge in [0.15, 0.2) is 0 Å². The van der Waals surface area contributed by atoms with Crippen LogP contribution >= 0.6 is 0 Å². The van der Waals surface area contributed by atoms with Crippen LogP contribution < -0.4 is 0 Å². The van der Waals surface area contributed by atoms with Crippen LogP contribution in [-0.4, -0.2) is 9.13 Å². The summed E-state index contributed by atoms with van der Waals surface area (Å²) >= 11 is 0. The molecule has 0 N–H and O–H groups in total. The summed E-state index contributed by atoms with van der Waals surface area (Å²) in [6.07, 6.45) is 0.958. The normalized spacial score (nSPS) is 12.0. The van der Waals surface area contributed by atoms with Gasteiger partial charge >= 0.3 is 0 Å². The summed E-state index contributed by atoms with van der Waals surface area (Å²) < 4.78 is 4.86. The lowest BCUT2D eigenvalue weighted by atomic mass is 9.81. The van der Waals surface area contributed by atoms with Gasteiger partial charge in [-0.25, -0.2) is 0 Å². The molecule has 2 heteroatoms. The Morgan fingerprint density at radius 2 is 0.792 bits per heavy atom. The van der Waals surface area contributed by atoms with Crippen molar-refractivity contribution in [3.05, 3.63) is 168 Å². The van der Waals surface area contributed by atoms with E-state index in [-0.39, 0.29) is 0 Å². The summed E-state index contributed by atoms with van der Waals surface area (Å²) in [5, 5.41) is 5.17. The highest BCUT2D eigenvalue weighted by Gasteiger charge is 2.21. The molecule has 0 fully saturated rings. The molecule has 260 valence electrons. The number of para-hydroxylation sites is 4. The van der Waals surface area contributed by atoms with E-state index in [0.717, 1.165) is 6.42 Å². The molecule has 9 aromatic rings. The van der Waals surface area contributed by atoms with Crippen LogP contribution in [0.25, 0.3) is 77.2 Å². The molecule has 0 saturated heterocycles. The minimum Gasteiger partial charge on any atom is -0.309 e. The molecule has 9 rings (SSSR count). The van der Waals surface area contributed by atoms with Crippen molar-refractivity contribution in [2.24, 2.45) is 0 Å². The van der Waals surface area contributed by atoms with Crippen molar-refractivity contribution >= 4 is 43.6 Å². The molecule has 0 radical (unpaired) electrons. The van der Waals surface area contributed by atoms with Gasteiger partial charge in [0.1, 0.15) is 0 Å². The van der Waals surface area contributed by atoms with Gasteiger partial charge in [-0.15, -0.1) is 0 Å². The summed E-state index contributed by atoms with van der Waals surface area (Å²) in [5.41, 5.74) is 18.2. The number of benzene rings is 7. The predicted octanol–water partition coefficient (Wildman–Crippen LogP) is 14.3. The molecule has 0 atom stereocenters. The number of nitrogens with zero attached hydrogens (tertiary/aromatic N) is 2. The van der Waals surface area contributed by atoms with Gasteiger partial charge in [0, 0.05) is 32.9 Å². The Balaban J connectivity index is 1.18. The van der Waals surface area contributed by atoms with E-state index in [1.54, 1.807) is 0 Å². The fourth-order valence-corrected chi connectivity index (χ4v) is 8.82. The molecule has 7 aromatic carbocycles. The Bertz CT molecular complexity index is 2730. The van der Waals surface area contributed by atoms with Gasteiger partial charge in [-0.1, -0.05) is 120 Å². The molecule has 2 aromatic heterocycles. The third-order valence-corrected chi connectivity index (χ3v) is 11.4. The standard InChI is InChI=1S/C51H46N2/c1-7-35-29-37(53-50-22-14-10-18-42(50)43-19-11-15-23-51(43)53)25-27-39(35)47-31-44(32(2)3)46(30-45(47)33(4)5)38-26-24-36(28-34(38)6)52-48-20-12-8-16-40(48)41-17-9-13-21-49(41)52/h8-33H,7H2,1-6H3. The van der Waals surface area contributed by atoms with Crippen LogP contribution in [0.3, 0.4) is 0 Å². The minimum atomic E-state index is 0.364. The molecule has 0 aliphatic rings. The second kappa shape index (κ2) is 13.0. The van der Waals surface area contributed by atoms with Crippen LogP contribution in [0, 0.1) is 6.92 Å². The second-order valence-electron chi connectivity index (χ2n) is 15.3. The van der Waals surface area contributed by atoms with Crippen LogP contribution in [0.4, 0.5) is 0 Å².